The molecule has 2 atom stereocenters. The highest BCUT2D eigenvalue weighted by molar-refractivity contribution is 9.10. The fourth-order valence-electron chi connectivity index (χ4n) is 2.36. The Labute approximate surface area is 123 Å². The molecule has 0 spiro atoms. The number of hydrogen-bond acceptors (Lipinski definition) is 3. The molecule has 0 fully saturated rings. The van der Waals surface area contributed by atoms with Crippen LogP contribution in [-0.2, 0) is 0 Å². The zero-order chi connectivity index (χ0) is 14.0. The van der Waals surface area contributed by atoms with Crippen molar-refractivity contribution in [2.45, 2.75) is 25.9 Å². The minimum Gasteiger partial charge on any atom is -0.459 e. The molecule has 3 nitrogen and oxygen atoms in total. The van der Waals surface area contributed by atoms with Gasteiger partial charge in [0.15, 0.2) is 0 Å². The van der Waals surface area contributed by atoms with Crippen LogP contribution < -0.4 is 5.32 Å². The Morgan fingerprint density at radius 3 is 2.68 bits per heavy atom. The van der Waals surface area contributed by atoms with Crippen molar-refractivity contribution in [2.24, 2.45) is 0 Å². The molecule has 0 aliphatic rings. The van der Waals surface area contributed by atoms with E-state index in [2.05, 4.69) is 66.2 Å². The third kappa shape index (κ3) is 3.81. The van der Waals surface area contributed by atoms with Crippen molar-refractivity contribution in [1.82, 2.24) is 10.2 Å². The van der Waals surface area contributed by atoms with Crippen molar-refractivity contribution in [3.63, 3.8) is 0 Å². The fourth-order valence-corrected chi connectivity index (χ4v) is 2.74. The van der Waals surface area contributed by atoms with E-state index in [-0.39, 0.29) is 6.04 Å². The molecule has 0 amide bonds. The van der Waals surface area contributed by atoms with Crippen LogP contribution in [0.15, 0.2) is 33.2 Å². The van der Waals surface area contributed by atoms with Crippen LogP contribution in [0.1, 0.15) is 25.6 Å². The van der Waals surface area contributed by atoms with Crippen molar-refractivity contribution in [3.8, 4) is 0 Å². The van der Waals surface area contributed by atoms with E-state index < -0.39 is 0 Å². The van der Waals surface area contributed by atoms with Crippen LogP contribution in [0.3, 0.4) is 0 Å². The maximum absolute atomic E-state index is 5.89. The highest BCUT2D eigenvalue weighted by Gasteiger charge is 2.14. The monoisotopic (exact) mass is 324 g/mol. The Morgan fingerprint density at radius 1 is 1.26 bits per heavy atom. The lowest BCUT2D eigenvalue weighted by molar-refractivity contribution is 0.322. The topological polar surface area (TPSA) is 28.4 Å². The Bertz CT molecular complexity index is 550. The molecule has 0 radical (unpaired) electrons. The Balaban J connectivity index is 2.10. The maximum Gasteiger partial charge on any atom is 0.134 e. The van der Waals surface area contributed by atoms with Crippen molar-refractivity contribution in [3.05, 3.63) is 34.5 Å². The summed E-state index contributed by atoms with van der Waals surface area (Å²) in [6.45, 7) is 5.34. The normalized spacial score (nSPS) is 15.1. The summed E-state index contributed by atoms with van der Waals surface area (Å²) in [6.07, 6.45) is 0. The van der Waals surface area contributed by atoms with E-state index in [4.69, 9.17) is 4.42 Å². The van der Waals surface area contributed by atoms with E-state index in [0.29, 0.717) is 6.04 Å². The van der Waals surface area contributed by atoms with E-state index in [0.717, 1.165) is 27.7 Å². The van der Waals surface area contributed by atoms with Crippen molar-refractivity contribution >= 4 is 26.9 Å². The van der Waals surface area contributed by atoms with Gasteiger partial charge in [-0.15, -0.1) is 0 Å². The van der Waals surface area contributed by atoms with Crippen LogP contribution in [0, 0.1) is 0 Å². The highest BCUT2D eigenvalue weighted by atomic mass is 79.9. The van der Waals surface area contributed by atoms with E-state index in [1.54, 1.807) is 0 Å². The molecule has 104 valence electrons. The average molecular weight is 325 g/mol. The van der Waals surface area contributed by atoms with Crippen molar-refractivity contribution in [1.29, 1.82) is 0 Å². The van der Waals surface area contributed by atoms with E-state index in [9.17, 15) is 0 Å². The van der Waals surface area contributed by atoms with Gasteiger partial charge in [0, 0.05) is 22.4 Å². The molecule has 0 aliphatic carbocycles. The first kappa shape index (κ1) is 14.6. The molecule has 0 saturated carbocycles. The van der Waals surface area contributed by atoms with E-state index in [1.807, 2.05) is 12.1 Å². The minimum absolute atomic E-state index is 0.209. The van der Waals surface area contributed by atoms with Gasteiger partial charge in [-0.2, -0.15) is 0 Å². The number of fused-ring (bicyclic) bond motifs is 1. The van der Waals surface area contributed by atoms with Crippen LogP contribution in [0.2, 0.25) is 0 Å². The van der Waals surface area contributed by atoms with Crippen molar-refractivity contribution in [2.75, 3.05) is 20.6 Å². The summed E-state index contributed by atoms with van der Waals surface area (Å²) in [5.74, 6) is 0.985. The third-order valence-corrected chi connectivity index (χ3v) is 3.59. The molecule has 4 heteroatoms. The first-order chi connectivity index (χ1) is 8.95. The highest BCUT2D eigenvalue weighted by Crippen LogP contribution is 2.26. The molecular formula is C15H21BrN2O. The molecule has 1 heterocycles. The van der Waals surface area contributed by atoms with Gasteiger partial charge in [-0.1, -0.05) is 15.9 Å². The van der Waals surface area contributed by atoms with Gasteiger partial charge < -0.3 is 14.6 Å². The standard InChI is InChI=1S/C15H21BrN2O/c1-10(9-18(3)4)17-11(2)15-8-12-7-13(16)5-6-14(12)19-15/h5-8,10-11,17H,9H2,1-4H3. The number of nitrogens with zero attached hydrogens (tertiary/aromatic N) is 1. The fraction of sp³-hybridized carbons (Fsp3) is 0.467. The van der Waals surface area contributed by atoms with Gasteiger partial charge in [0.25, 0.3) is 0 Å². The van der Waals surface area contributed by atoms with Crippen LogP contribution in [0.25, 0.3) is 11.0 Å². The van der Waals surface area contributed by atoms with E-state index in [1.165, 1.54) is 0 Å². The largest absolute Gasteiger partial charge is 0.459 e. The summed E-state index contributed by atoms with van der Waals surface area (Å²) < 4.78 is 6.97. The quantitative estimate of drug-likeness (QED) is 0.906. The maximum atomic E-state index is 5.89. The molecule has 19 heavy (non-hydrogen) atoms. The predicted octanol–water partition coefficient (Wildman–Crippen LogP) is 3.80. The lowest BCUT2D eigenvalue weighted by Crippen LogP contribution is -2.37. The van der Waals surface area contributed by atoms with Gasteiger partial charge in [0.2, 0.25) is 0 Å². The van der Waals surface area contributed by atoms with Crippen LogP contribution >= 0.6 is 15.9 Å². The molecular weight excluding hydrogens is 304 g/mol. The first-order valence-corrected chi connectivity index (χ1v) is 7.35. The van der Waals surface area contributed by atoms with Gasteiger partial charge in [0.05, 0.1) is 6.04 Å². The summed E-state index contributed by atoms with van der Waals surface area (Å²) >= 11 is 3.48. The van der Waals surface area contributed by atoms with E-state index >= 15 is 0 Å². The molecule has 2 unspecified atom stereocenters. The zero-order valence-electron chi connectivity index (χ0n) is 11.9. The first-order valence-electron chi connectivity index (χ1n) is 6.55. The number of rotatable bonds is 5. The number of likely N-dealkylation sites (N-methyl/N-ethyl adjacent to an activating group) is 1. The summed E-state index contributed by atoms with van der Waals surface area (Å²) in [6, 6.07) is 8.82. The van der Waals surface area contributed by atoms with Gasteiger partial charge in [0.1, 0.15) is 11.3 Å². The van der Waals surface area contributed by atoms with Gasteiger partial charge >= 0.3 is 0 Å². The lowest BCUT2D eigenvalue weighted by Gasteiger charge is -2.21. The average Bonchev–Trinajstić information content (AvgIpc) is 2.70. The number of nitrogens with one attached hydrogen (secondary N) is 1. The second kappa shape index (κ2) is 6.07. The molecule has 0 saturated heterocycles. The molecule has 2 aromatic rings. The number of hydrogen-bond donors (Lipinski definition) is 1. The summed E-state index contributed by atoms with van der Waals surface area (Å²) in [5.41, 5.74) is 0.937. The summed E-state index contributed by atoms with van der Waals surface area (Å²) in [7, 11) is 4.17. The second-order valence-electron chi connectivity index (χ2n) is 5.38. The molecule has 0 bridgehead atoms. The van der Waals surface area contributed by atoms with Gasteiger partial charge in [-0.05, 0) is 52.2 Å². The Morgan fingerprint density at radius 2 is 2.00 bits per heavy atom. The number of benzene rings is 1. The molecule has 1 N–H and O–H groups in total. The van der Waals surface area contributed by atoms with Crippen LogP contribution in [-0.4, -0.2) is 31.6 Å². The third-order valence-electron chi connectivity index (χ3n) is 3.10. The lowest BCUT2D eigenvalue weighted by atomic mass is 10.2. The smallest absolute Gasteiger partial charge is 0.134 e. The Hall–Kier alpha value is -0.840. The van der Waals surface area contributed by atoms with Crippen LogP contribution in [0.5, 0.6) is 0 Å². The molecule has 1 aromatic heterocycles. The SMILES string of the molecule is CC(CN(C)C)NC(C)c1cc2cc(Br)ccc2o1. The summed E-state index contributed by atoms with van der Waals surface area (Å²) in [5, 5.41) is 4.69. The van der Waals surface area contributed by atoms with Gasteiger partial charge in [-0.3, -0.25) is 0 Å². The zero-order valence-corrected chi connectivity index (χ0v) is 13.5. The molecule has 1 aromatic carbocycles. The molecule has 2 rings (SSSR count). The van der Waals surface area contributed by atoms with Crippen molar-refractivity contribution < 1.29 is 4.42 Å². The molecule has 0 aliphatic heterocycles. The minimum atomic E-state index is 0.209. The number of halogens is 1. The second-order valence-corrected chi connectivity index (χ2v) is 6.30. The van der Waals surface area contributed by atoms with Crippen LogP contribution in [0.4, 0.5) is 0 Å². The number of furan rings is 1. The predicted molar refractivity (Wildman–Crippen MR) is 83.5 cm³/mol. The Kier molecular flexibility index (Phi) is 4.66. The summed E-state index contributed by atoms with van der Waals surface area (Å²) in [4.78, 5) is 2.18. The van der Waals surface area contributed by atoms with Gasteiger partial charge in [-0.25, -0.2) is 0 Å².